The van der Waals surface area contributed by atoms with E-state index in [1.807, 2.05) is 19.1 Å². The molecule has 6 nitrogen and oxygen atoms in total. The second-order valence-corrected chi connectivity index (χ2v) is 6.29. The number of anilines is 2. The zero-order valence-corrected chi connectivity index (χ0v) is 15.9. The molecular formula is C19H23N3O3S. The SMILES string of the molecule is CCOc1ccc(NC(=S)Nc2ccc(C(C)CC)cc2)c([N+](=O)[O-])c1. The van der Waals surface area contributed by atoms with Gasteiger partial charge in [-0.1, -0.05) is 26.0 Å². The maximum absolute atomic E-state index is 11.3. The maximum Gasteiger partial charge on any atom is 0.296 e. The third-order valence-corrected chi connectivity index (χ3v) is 4.28. The lowest BCUT2D eigenvalue weighted by Crippen LogP contribution is -2.19. The smallest absolute Gasteiger partial charge is 0.296 e. The van der Waals surface area contributed by atoms with E-state index in [1.54, 1.807) is 12.1 Å². The lowest BCUT2D eigenvalue weighted by Gasteiger charge is -2.13. The zero-order chi connectivity index (χ0) is 19.1. The molecule has 138 valence electrons. The lowest BCUT2D eigenvalue weighted by atomic mass is 9.99. The molecule has 0 radical (unpaired) electrons. The number of benzene rings is 2. The number of hydrogen-bond donors (Lipinski definition) is 2. The average Bonchev–Trinajstić information content (AvgIpc) is 2.63. The molecule has 2 N–H and O–H groups in total. The Morgan fingerprint density at radius 3 is 2.46 bits per heavy atom. The predicted octanol–water partition coefficient (Wildman–Crippen LogP) is 5.32. The minimum Gasteiger partial charge on any atom is -0.494 e. The van der Waals surface area contributed by atoms with Gasteiger partial charge in [-0.2, -0.15) is 0 Å². The van der Waals surface area contributed by atoms with E-state index in [4.69, 9.17) is 17.0 Å². The van der Waals surface area contributed by atoms with Crippen molar-refractivity contribution in [2.45, 2.75) is 33.1 Å². The Balaban J connectivity index is 2.08. The van der Waals surface area contributed by atoms with Crippen LogP contribution in [0.2, 0.25) is 0 Å². The number of nitro groups is 1. The van der Waals surface area contributed by atoms with Gasteiger partial charge in [-0.15, -0.1) is 0 Å². The molecule has 0 fully saturated rings. The molecule has 0 saturated carbocycles. The van der Waals surface area contributed by atoms with Crippen LogP contribution in [0, 0.1) is 10.1 Å². The van der Waals surface area contributed by atoms with Crippen molar-refractivity contribution in [3.8, 4) is 5.75 Å². The van der Waals surface area contributed by atoms with Crippen molar-refractivity contribution in [3.05, 3.63) is 58.1 Å². The van der Waals surface area contributed by atoms with Gasteiger partial charge in [0.05, 0.1) is 17.6 Å². The van der Waals surface area contributed by atoms with Crippen LogP contribution in [-0.4, -0.2) is 16.6 Å². The number of nitrogens with one attached hydrogen (secondary N) is 2. The average molecular weight is 373 g/mol. The van der Waals surface area contributed by atoms with Gasteiger partial charge in [0.25, 0.3) is 5.69 Å². The molecular weight excluding hydrogens is 350 g/mol. The minimum absolute atomic E-state index is 0.0905. The largest absolute Gasteiger partial charge is 0.494 e. The highest BCUT2D eigenvalue weighted by Gasteiger charge is 2.16. The summed E-state index contributed by atoms with van der Waals surface area (Å²) in [5.74, 6) is 0.949. The van der Waals surface area contributed by atoms with E-state index in [0.717, 1.165) is 12.1 Å². The van der Waals surface area contributed by atoms with E-state index >= 15 is 0 Å². The van der Waals surface area contributed by atoms with E-state index < -0.39 is 4.92 Å². The van der Waals surface area contributed by atoms with Crippen molar-refractivity contribution >= 4 is 34.4 Å². The van der Waals surface area contributed by atoms with Crippen LogP contribution >= 0.6 is 12.2 Å². The summed E-state index contributed by atoms with van der Waals surface area (Å²) >= 11 is 5.28. The first kappa shape index (κ1) is 19.7. The Bertz CT molecular complexity index is 778. The molecule has 26 heavy (non-hydrogen) atoms. The van der Waals surface area contributed by atoms with E-state index in [0.29, 0.717) is 24.0 Å². The second-order valence-electron chi connectivity index (χ2n) is 5.88. The third-order valence-electron chi connectivity index (χ3n) is 4.08. The molecule has 0 aliphatic rings. The van der Waals surface area contributed by atoms with E-state index in [2.05, 4.69) is 36.6 Å². The Hall–Kier alpha value is -2.67. The van der Waals surface area contributed by atoms with Crippen molar-refractivity contribution < 1.29 is 9.66 Å². The molecule has 0 aliphatic heterocycles. The van der Waals surface area contributed by atoms with Crippen LogP contribution in [0.4, 0.5) is 17.1 Å². The van der Waals surface area contributed by atoms with E-state index in [-0.39, 0.29) is 10.8 Å². The molecule has 2 rings (SSSR count). The molecule has 0 amide bonds. The fourth-order valence-electron chi connectivity index (χ4n) is 2.44. The lowest BCUT2D eigenvalue weighted by molar-refractivity contribution is -0.384. The van der Waals surface area contributed by atoms with Gasteiger partial charge in [-0.25, -0.2) is 0 Å². The number of thiocarbonyl (C=S) groups is 1. The summed E-state index contributed by atoms with van der Waals surface area (Å²) < 4.78 is 5.31. The van der Waals surface area contributed by atoms with Gasteiger partial charge in [-0.05, 0) is 61.3 Å². The first-order valence-corrected chi connectivity index (χ1v) is 8.94. The summed E-state index contributed by atoms with van der Waals surface area (Å²) in [6.45, 7) is 6.60. The maximum atomic E-state index is 11.3. The second kappa shape index (κ2) is 9.15. The van der Waals surface area contributed by atoms with Crippen LogP contribution in [0.1, 0.15) is 38.7 Å². The van der Waals surface area contributed by atoms with Crippen LogP contribution in [-0.2, 0) is 0 Å². The summed E-state index contributed by atoms with van der Waals surface area (Å²) in [5, 5.41) is 17.5. The normalized spacial score (nSPS) is 11.5. The fraction of sp³-hybridized carbons (Fsp3) is 0.316. The summed E-state index contributed by atoms with van der Waals surface area (Å²) in [5.41, 5.74) is 2.31. The minimum atomic E-state index is -0.464. The summed E-state index contributed by atoms with van der Waals surface area (Å²) in [4.78, 5) is 10.8. The molecule has 0 heterocycles. The molecule has 7 heteroatoms. The molecule has 1 atom stereocenters. The Morgan fingerprint density at radius 1 is 1.19 bits per heavy atom. The fourth-order valence-corrected chi connectivity index (χ4v) is 2.67. The van der Waals surface area contributed by atoms with Gasteiger partial charge < -0.3 is 15.4 Å². The van der Waals surface area contributed by atoms with Crippen LogP contribution in [0.5, 0.6) is 5.75 Å². The van der Waals surface area contributed by atoms with Crippen molar-refractivity contribution in [2.24, 2.45) is 0 Å². The highest BCUT2D eigenvalue weighted by atomic mass is 32.1. The van der Waals surface area contributed by atoms with Gasteiger partial charge in [0, 0.05) is 5.69 Å². The van der Waals surface area contributed by atoms with Gasteiger partial charge >= 0.3 is 0 Å². The van der Waals surface area contributed by atoms with Gasteiger partial charge in [0.1, 0.15) is 11.4 Å². The molecule has 0 aromatic heterocycles. The topological polar surface area (TPSA) is 76.4 Å². The molecule has 0 spiro atoms. The monoisotopic (exact) mass is 373 g/mol. The van der Waals surface area contributed by atoms with Crippen LogP contribution in [0.3, 0.4) is 0 Å². The number of rotatable bonds is 7. The standard InChI is InChI=1S/C19H23N3O3S/c1-4-13(3)14-6-8-15(9-7-14)20-19(26)21-17-11-10-16(25-5-2)12-18(17)22(23)24/h6-13H,4-5H2,1-3H3,(H2,20,21,26). The number of nitrogens with zero attached hydrogens (tertiary/aromatic N) is 1. The first-order valence-electron chi connectivity index (χ1n) is 8.53. The van der Waals surface area contributed by atoms with Crippen molar-refractivity contribution in [2.75, 3.05) is 17.2 Å². The van der Waals surface area contributed by atoms with Crippen LogP contribution in [0.25, 0.3) is 0 Å². The summed E-state index contributed by atoms with van der Waals surface area (Å²) in [7, 11) is 0. The summed E-state index contributed by atoms with van der Waals surface area (Å²) in [6.07, 6.45) is 1.08. The van der Waals surface area contributed by atoms with Gasteiger partial charge in [0.2, 0.25) is 0 Å². The molecule has 0 saturated heterocycles. The predicted molar refractivity (Wildman–Crippen MR) is 109 cm³/mol. The first-order chi connectivity index (χ1) is 12.4. The number of ether oxygens (including phenoxy) is 1. The molecule has 0 bridgehead atoms. The molecule has 2 aromatic carbocycles. The highest BCUT2D eigenvalue weighted by molar-refractivity contribution is 7.80. The van der Waals surface area contributed by atoms with Crippen molar-refractivity contribution in [1.82, 2.24) is 0 Å². The number of nitro benzene ring substituents is 1. The quantitative estimate of drug-likeness (QED) is 0.389. The van der Waals surface area contributed by atoms with E-state index in [1.165, 1.54) is 11.6 Å². The summed E-state index contributed by atoms with van der Waals surface area (Å²) in [6, 6.07) is 12.6. The Labute approximate surface area is 158 Å². The molecule has 0 aliphatic carbocycles. The van der Waals surface area contributed by atoms with Crippen molar-refractivity contribution in [3.63, 3.8) is 0 Å². The van der Waals surface area contributed by atoms with Gasteiger partial charge in [-0.3, -0.25) is 10.1 Å². The Kier molecular flexibility index (Phi) is 6.91. The zero-order valence-electron chi connectivity index (χ0n) is 15.1. The van der Waals surface area contributed by atoms with E-state index in [9.17, 15) is 10.1 Å². The Morgan fingerprint density at radius 2 is 1.88 bits per heavy atom. The van der Waals surface area contributed by atoms with Crippen molar-refractivity contribution in [1.29, 1.82) is 0 Å². The highest BCUT2D eigenvalue weighted by Crippen LogP contribution is 2.29. The van der Waals surface area contributed by atoms with Crippen LogP contribution in [0.15, 0.2) is 42.5 Å². The van der Waals surface area contributed by atoms with Crippen LogP contribution < -0.4 is 15.4 Å². The third kappa shape index (κ3) is 5.16. The molecule has 2 aromatic rings. The molecule has 1 unspecified atom stereocenters. The number of hydrogen-bond acceptors (Lipinski definition) is 4. The van der Waals surface area contributed by atoms with Gasteiger partial charge in [0.15, 0.2) is 5.11 Å².